The average molecular weight is 518 g/mol. The van der Waals surface area contributed by atoms with Crippen molar-refractivity contribution in [2.75, 3.05) is 0 Å². The van der Waals surface area contributed by atoms with Crippen LogP contribution >= 0.6 is 11.6 Å². The van der Waals surface area contributed by atoms with Crippen molar-refractivity contribution >= 4 is 34.2 Å². The molecule has 0 fully saturated rings. The number of benzene rings is 1. The molecule has 2 aromatic heterocycles. The Labute approximate surface area is 221 Å². The molecule has 37 heavy (non-hydrogen) atoms. The van der Waals surface area contributed by atoms with Crippen molar-refractivity contribution in [3.63, 3.8) is 0 Å². The number of pyridine rings is 1. The van der Waals surface area contributed by atoms with Gasteiger partial charge in [0, 0.05) is 24.9 Å². The zero-order valence-corrected chi connectivity index (χ0v) is 22.1. The highest BCUT2D eigenvalue weighted by atomic mass is 35.5. The smallest absolute Gasteiger partial charge is 0.296 e. The van der Waals surface area contributed by atoms with Crippen LogP contribution in [0.3, 0.4) is 0 Å². The van der Waals surface area contributed by atoms with E-state index in [0.29, 0.717) is 34.3 Å². The van der Waals surface area contributed by atoms with Crippen LogP contribution in [0.5, 0.6) is 6.01 Å². The van der Waals surface area contributed by atoms with Crippen LogP contribution in [-0.4, -0.2) is 38.5 Å². The molecule has 0 radical (unpaired) electrons. The van der Waals surface area contributed by atoms with E-state index in [1.807, 2.05) is 44.2 Å². The number of nitrogens with two attached hydrogens (primary N) is 1. The number of ether oxygens (including phenoxy) is 1. The number of hydrogen-bond donors (Lipinski definition) is 3. The number of allylic oxidation sites excluding steroid dienone is 1. The van der Waals surface area contributed by atoms with E-state index in [2.05, 4.69) is 39.6 Å². The fourth-order valence-electron chi connectivity index (χ4n) is 4.92. The SMILES string of the molecule is CC(=O)NC(C)(C)C1=CCC(Oc2nc3nc(-c4ccc(C5=CCC(N)CC5)cc4)c(Cl)cc3[nH]2)C=C1. The average Bonchev–Trinajstić information content (AvgIpc) is 3.24. The van der Waals surface area contributed by atoms with Crippen molar-refractivity contribution in [3.05, 3.63) is 70.8 Å². The zero-order chi connectivity index (χ0) is 26.2. The van der Waals surface area contributed by atoms with Gasteiger partial charge in [-0.3, -0.25) is 4.79 Å². The Morgan fingerprint density at radius 2 is 1.92 bits per heavy atom. The summed E-state index contributed by atoms with van der Waals surface area (Å²) in [4.78, 5) is 24.0. The third kappa shape index (κ3) is 5.63. The summed E-state index contributed by atoms with van der Waals surface area (Å²) in [5, 5.41) is 3.52. The first-order valence-corrected chi connectivity index (χ1v) is 13.0. The molecule has 192 valence electrons. The van der Waals surface area contributed by atoms with E-state index in [4.69, 9.17) is 27.1 Å². The molecule has 2 aliphatic carbocycles. The molecule has 0 saturated carbocycles. The first kappa shape index (κ1) is 25.2. The predicted octanol–water partition coefficient (Wildman–Crippen LogP) is 5.72. The number of aromatic nitrogens is 3. The lowest BCUT2D eigenvalue weighted by Gasteiger charge is -2.29. The summed E-state index contributed by atoms with van der Waals surface area (Å²) >= 11 is 6.61. The van der Waals surface area contributed by atoms with E-state index < -0.39 is 5.54 Å². The van der Waals surface area contributed by atoms with E-state index in [1.165, 1.54) is 18.1 Å². The van der Waals surface area contributed by atoms with E-state index in [1.54, 1.807) is 0 Å². The number of carbonyl (C=O) groups is 1. The van der Waals surface area contributed by atoms with E-state index in [0.717, 1.165) is 30.4 Å². The van der Waals surface area contributed by atoms with Crippen LogP contribution in [0.2, 0.25) is 5.02 Å². The Balaban J connectivity index is 1.30. The van der Waals surface area contributed by atoms with Crippen LogP contribution in [0, 0.1) is 0 Å². The fourth-order valence-corrected chi connectivity index (χ4v) is 5.18. The summed E-state index contributed by atoms with van der Waals surface area (Å²) in [5.41, 5.74) is 12.1. The molecule has 2 heterocycles. The van der Waals surface area contributed by atoms with Gasteiger partial charge >= 0.3 is 0 Å². The number of amides is 1. The summed E-state index contributed by atoms with van der Waals surface area (Å²) < 4.78 is 6.07. The van der Waals surface area contributed by atoms with Crippen LogP contribution < -0.4 is 15.8 Å². The van der Waals surface area contributed by atoms with Crippen LogP contribution in [0.25, 0.3) is 28.0 Å². The molecule has 2 atom stereocenters. The third-order valence-corrected chi connectivity index (χ3v) is 7.21. The molecule has 8 heteroatoms. The predicted molar refractivity (Wildman–Crippen MR) is 148 cm³/mol. The van der Waals surface area contributed by atoms with Crippen LogP contribution in [-0.2, 0) is 4.79 Å². The molecule has 0 aliphatic heterocycles. The Morgan fingerprint density at radius 3 is 2.57 bits per heavy atom. The molecule has 7 nitrogen and oxygen atoms in total. The first-order valence-electron chi connectivity index (χ1n) is 12.6. The van der Waals surface area contributed by atoms with Gasteiger partial charge in [0.2, 0.25) is 5.91 Å². The fraction of sp³-hybridized carbons (Fsp3) is 0.345. The van der Waals surface area contributed by atoms with Crippen LogP contribution in [0.1, 0.15) is 52.0 Å². The van der Waals surface area contributed by atoms with E-state index in [9.17, 15) is 4.79 Å². The molecular weight excluding hydrogens is 486 g/mol. The third-order valence-electron chi connectivity index (χ3n) is 6.92. The number of fused-ring (bicyclic) bond motifs is 1. The Hall–Kier alpha value is -3.42. The number of imidazole rings is 1. The number of hydrogen-bond acceptors (Lipinski definition) is 5. The molecule has 5 rings (SSSR count). The minimum absolute atomic E-state index is 0.0618. The monoisotopic (exact) mass is 517 g/mol. The molecule has 1 amide bonds. The molecule has 2 unspecified atom stereocenters. The lowest BCUT2D eigenvalue weighted by molar-refractivity contribution is -0.120. The molecule has 0 spiro atoms. The molecule has 1 aromatic carbocycles. The number of carbonyl (C=O) groups excluding carboxylic acids is 1. The lowest BCUT2D eigenvalue weighted by Crippen LogP contribution is -2.44. The number of rotatable bonds is 6. The Bertz CT molecular complexity index is 1420. The maximum Gasteiger partial charge on any atom is 0.296 e. The van der Waals surface area contributed by atoms with Crippen LogP contribution in [0.15, 0.2) is 60.2 Å². The van der Waals surface area contributed by atoms with Crippen molar-refractivity contribution < 1.29 is 9.53 Å². The van der Waals surface area contributed by atoms with Gasteiger partial charge in [0.15, 0.2) is 5.65 Å². The minimum Gasteiger partial charge on any atom is -0.457 e. The summed E-state index contributed by atoms with van der Waals surface area (Å²) in [6.07, 6.45) is 11.7. The molecule has 2 aliphatic rings. The molecule has 4 N–H and O–H groups in total. The second kappa shape index (κ2) is 10.1. The number of aromatic amines is 1. The largest absolute Gasteiger partial charge is 0.457 e. The first-order chi connectivity index (χ1) is 17.7. The molecule has 0 bridgehead atoms. The molecular formula is C29H32ClN5O2. The second-order valence-electron chi connectivity index (χ2n) is 10.3. The standard InChI is InChI=1S/C29H32ClN5O2/c1-17(36)35-29(2,3)21-10-14-23(15-11-21)37-28-32-25-16-24(30)26(33-27(25)34-28)20-6-4-18(5-7-20)19-8-12-22(31)13-9-19/h4-8,10-11,14,16,22-23H,9,12-13,15,31H2,1-3H3,(H,35,36)(H,32,33,34). The van der Waals surface area contributed by atoms with Gasteiger partial charge in [-0.2, -0.15) is 4.98 Å². The van der Waals surface area contributed by atoms with Crippen molar-refractivity contribution in [1.29, 1.82) is 0 Å². The quantitative estimate of drug-likeness (QED) is 0.387. The zero-order valence-electron chi connectivity index (χ0n) is 21.3. The molecule has 0 saturated heterocycles. The number of halogens is 1. The highest BCUT2D eigenvalue weighted by molar-refractivity contribution is 6.33. The Kier molecular flexibility index (Phi) is 6.92. The van der Waals surface area contributed by atoms with Gasteiger partial charge < -0.3 is 20.8 Å². The van der Waals surface area contributed by atoms with Gasteiger partial charge in [-0.05, 0) is 62.0 Å². The summed E-state index contributed by atoms with van der Waals surface area (Å²) in [6.45, 7) is 5.48. The van der Waals surface area contributed by atoms with Gasteiger partial charge in [0.05, 0.1) is 21.8 Å². The van der Waals surface area contributed by atoms with Crippen molar-refractivity contribution in [2.24, 2.45) is 5.73 Å². The summed E-state index contributed by atoms with van der Waals surface area (Å²) in [5.74, 6) is -0.0618. The van der Waals surface area contributed by atoms with Crippen molar-refractivity contribution in [1.82, 2.24) is 20.3 Å². The number of H-pyrrole nitrogens is 1. The normalized spacial score (nSPS) is 19.9. The van der Waals surface area contributed by atoms with Gasteiger partial charge in [-0.1, -0.05) is 54.1 Å². The topological polar surface area (TPSA) is 106 Å². The van der Waals surface area contributed by atoms with Gasteiger partial charge in [0.1, 0.15) is 6.10 Å². The van der Waals surface area contributed by atoms with Crippen molar-refractivity contribution in [2.45, 2.75) is 64.1 Å². The highest BCUT2D eigenvalue weighted by Gasteiger charge is 2.25. The summed E-state index contributed by atoms with van der Waals surface area (Å²) in [7, 11) is 0. The van der Waals surface area contributed by atoms with E-state index >= 15 is 0 Å². The van der Waals surface area contributed by atoms with Gasteiger partial charge in [-0.25, -0.2) is 4.98 Å². The number of nitrogens with one attached hydrogen (secondary N) is 2. The second-order valence-corrected chi connectivity index (χ2v) is 10.7. The highest BCUT2D eigenvalue weighted by Crippen LogP contribution is 2.32. The van der Waals surface area contributed by atoms with Crippen LogP contribution in [0.4, 0.5) is 0 Å². The van der Waals surface area contributed by atoms with Gasteiger partial charge in [0.25, 0.3) is 6.01 Å². The lowest BCUT2D eigenvalue weighted by atomic mass is 9.89. The van der Waals surface area contributed by atoms with Crippen molar-refractivity contribution in [3.8, 4) is 17.3 Å². The minimum atomic E-state index is -0.442. The maximum atomic E-state index is 11.5. The van der Waals surface area contributed by atoms with E-state index in [-0.39, 0.29) is 18.1 Å². The maximum absolute atomic E-state index is 11.5. The molecule has 3 aromatic rings. The summed E-state index contributed by atoms with van der Waals surface area (Å²) in [6, 6.07) is 10.8. The number of nitrogens with zero attached hydrogens (tertiary/aromatic N) is 2. The Morgan fingerprint density at radius 1 is 1.16 bits per heavy atom. The van der Waals surface area contributed by atoms with Gasteiger partial charge in [-0.15, -0.1) is 0 Å².